The number of rotatable bonds is 0. The van der Waals surface area contributed by atoms with E-state index in [1.165, 1.54) is 0 Å². The van der Waals surface area contributed by atoms with Gasteiger partial charge in [-0.1, -0.05) is 33.8 Å². The molecule has 0 aromatic heterocycles. The third-order valence-corrected chi connectivity index (χ3v) is 9.15. The second-order valence-corrected chi connectivity index (χ2v) is 11.0. The lowest BCUT2D eigenvalue weighted by molar-refractivity contribution is -0.353. The molecule has 3 aliphatic carbocycles. The van der Waals surface area contributed by atoms with E-state index in [9.17, 15) is 25.5 Å². The van der Waals surface area contributed by atoms with Crippen molar-refractivity contribution in [2.75, 3.05) is 0 Å². The predicted molar refractivity (Wildman–Crippen MR) is 103 cm³/mol. The van der Waals surface area contributed by atoms with Crippen molar-refractivity contribution in [3.05, 3.63) is 12.2 Å². The van der Waals surface area contributed by atoms with E-state index in [4.69, 9.17) is 4.74 Å². The maximum atomic E-state index is 11.5. The number of aliphatic hydroxyl groups is 5. The van der Waals surface area contributed by atoms with Crippen LogP contribution in [0.25, 0.3) is 0 Å². The first-order chi connectivity index (χ1) is 12.8. The highest BCUT2D eigenvalue weighted by Gasteiger charge is 2.70. The molecule has 4 aliphatic rings. The fraction of sp³-hybridized carbons (Fsp3) is 0.909. The Kier molecular flexibility index (Phi) is 4.46. The maximum absolute atomic E-state index is 11.5. The van der Waals surface area contributed by atoms with E-state index in [1.54, 1.807) is 0 Å². The van der Waals surface area contributed by atoms with Gasteiger partial charge in [-0.15, -0.1) is 0 Å². The van der Waals surface area contributed by atoms with E-state index in [2.05, 4.69) is 27.4 Å². The van der Waals surface area contributed by atoms with Crippen molar-refractivity contribution in [2.45, 2.75) is 102 Å². The summed E-state index contributed by atoms with van der Waals surface area (Å²) in [5, 5.41) is 54.4. The molecule has 6 nitrogen and oxygen atoms in total. The lowest BCUT2D eigenvalue weighted by atomic mass is 9.42. The van der Waals surface area contributed by atoms with Crippen LogP contribution in [0.5, 0.6) is 0 Å². The third-order valence-electron chi connectivity index (χ3n) is 9.15. The van der Waals surface area contributed by atoms with Crippen LogP contribution in [0.4, 0.5) is 0 Å². The molecule has 1 heterocycles. The summed E-state index contributed by atoms with van der Waals surface area (Å²) >= 11 is 0. The molecule has 4 rings (SSSR count). The van der Waals surface area contributed by atoms with E-state index < -0.39 is 41.7 Å². The van der Waals surface area contributed by atoms with Gasteiger partial charge in [0.25, 0.3) is 0 Å². The Morgan fingerprint density at radius 3 is 2.25 bits per heavy atom. The van der Waals surface area contributed by atoms with Gasteiger partial charge in [-0.25, -0.2) is 0 Å². The summed E-state index contributed by atoms with van der Waals surface area (Å²) in [4.78, 5) is 0. The highest BCUT2D eigenvalue weighted by molar-refractivity contribution is 5.28. The maximum Gasteiger partial charge on any atom is 0.123 e. The molecule has 0 amide bonds. The molecule has 1 saturated heterocycles. The topological polar surface area (TPSA) is 110 Å². The molecule has 10 atom stereocenters. The van der Waals surface area contributed by atoms with Gasteiger partial charge in [0.1, 0.15) is 30.0 Å². The number of fused-ring (bicyclic) bond motifs is 4. The average Bonchev–Trinajstić information content (AvgIpc) is 2.61. The largest absolute Gasteiger partial charge is 0.390 e. The van der Waals surface area contributed by atoms with Crippen LogP contribution in [-0.2, 0) is 4.74 Å². The first-order valence-electron chi connectivity index (χ1n) is 10.6. The molecule has 0 aromatic rings. The summed E-state index contributed by atoms with van der Waals surface area (Å²) in [7, 11) is 0. The smallest absolute Gasteiger partial charge is 0.123 e. The van der Waals surface area contributed by atoms with Crippen LogP contribution in [0.3, 0.4) is 0 Å². The molecule has 4 fully saturated rings. The van der Waals surface area contributed by atoms with Gasteiger partial charge in [0, 0.05) is 0 Å². The van der Waals surface area contributed by atoms with Crippen molar-refractivity contribution in [2.24, 2.45) is 22.7 Å². The predicted octanol–water partition coefficient (Wildman–Crippen LogP) is 1.13. The molecule has 1 aliphatic heterocycles. The van der Waals surface area contributed by atoms with Crippen molar-refractivity contribution >= 4 is 0 Å². The second-order valence-electron chi connectivity index (χ2n) is 11.0. The summed E-state index contributed by atoms with van der Waals surface area (Å²) in [6.45, 7) is 12.3. The minimum absolute atomic E-state index is 0.0393. The zero-order valence-corrected chi connectivity index (χ0v) is 17.4. The minimum Gasteiger partial charge on any atom is -0.390 e. The highest BCUT2D eigenvalue weighted by atomic mass is 16.6. The monoisotopic (exact) mass is 396 g/mol. The van der Waals surface area contributed by atoms with Gasteiger partial charge in [-0.05, 0) is 60.8 Å². The molecule has 0 bridgehead atoms. The Balaban J connectivity index is 1.80. The Morgan fingerprint density at radius 1 is 0.964 bits per heavy atom. The number of ether oxygens (including phenoxy) is 1. The molecule has 0 unspecified atom stereocenters. The molecule has 3 saturated carbocycles. The molecular formula is C22H36O6. The Labute approximate surface area is 167 Å². The van der Waals surface area contributed by atoms with Gasteiger partial charge >= 0.3 is 0 Å². The third kappa shape index (κ3) is 2.42. The highest BCUT2D eigenvalue weighted by Crippen LogP contribution is 2.66. The van der Waals surface area contributed by atoms with Gasteiger partial charge in [0.2, 0.25) is 0 Å². The fourth-order valence-corrected chi connectivity index (χ4v) is 7.40. The Bertz CT molecular complexity index is 678. The molecular weight excluding hydrogens is 360 g/mol. The van der Waals surface area contributed by atoms with Gasteiger partial charge in [0.15, 0.2) is 0 Å². The fourth-order valence-electron chi connectivity index (χ4n) is 7.40. The van der Waals surface area contributed by atoms with E-state index in [0.29, 0.717) is 6.42 Å². The minimum atomic E-state index is -1.80. The summed E-state index contributed by atoms with van der Waals surface area (Å²) < 4.78 is 6.30. The normalized spacial score (nSPS) is 58.5. The van der Waals surface area contributed by atoms with E-state index in [1.807, 2.05) is 6.92 Å². The molecule has 0 aromatic carbocycles. The number of hydrogen-bond donors (Lipinski definition) is 5. The second kappa shape index (κ2) is 6.02. The Hall–Kier alpha value is -0.500. The average molecular weight is 397 g/mol. The van der Waals surface area contributed by atoms with Crippen LogP contribution < -0.4 is 0 Å². The van der Waals surface area contributed by atoms with Crippen molar-refractivity contribution < 1.29 is 30.3 Å². The Morgan fingerprint density at radius 2 is 1.61 bits per heavy atom. The van der Waals surface area contributed by atoms with Crippen molar-refractivity contribution in [1.29, 1.82) is 0 Å². The van der Waals surface area contributed by atoms with Crippen molar-refractivity contribution in [3.63, 3.8) is 0 Å². The van der Waals surface area contributed by atoms with Crippen LogP contribution in [0.15, 0.2) is 12.2 Å². The molecule has 0 radical (unpaired) electrons. The first-order valence-corrected chi connectivity index (χ1v) is 10.6. The van der Waals surface area contributed by atoms with E-state index in [0.717, 1.165) is 19.3 Å². The standard InChI is InChI=1S/C22H36O6/c1-11-15(24)17(26)22(27)10-13-20(4)8-6-7-19(2,3)12(20)9-14(23)21(13,5)28-18(22)16(11)25/h12-18,23-27H,1,6-10H2,2-5H3/t12-,13+,14+,15-,16+,17+,18+,20-,21-,22+/m1/s1. The van der Waals surface area contributed by atoms with Crippen LogP contribution in [-0.4, -0.2) is 67.3 Å². The summed E-state index contributed by atoms with van der Waals surface area (Å²) in [5.74, 6) is 0.0473. The van der Waals surface area contributed by atoms with Crippen molar-refractivity contribution in [3.8, 4) is 0 Å². The lowest BCUT2D eigenvalue weighted by Gasteiger charge is -2.68. The van der Waals surface area contributed by atoms with Crippen molar-refractivity contribution in [1.82, 2.24) is 0 Å². The van der Waals surface area contributed by atoms with Gasteiger partial charge in [0.05, 0.1) is 11.7 Å². The van der Waals surface area contributed by atoms with E-state index in [-0.39, 0.29) is 34.7 Å². The summed E-state index contributed by atoms with van der Waals surface area (Å²) in [6, 6.07) is 0. The summed E-state index contributed by atoms with van der Waals surface area (Å²) in [6.07, 6.45) is -2.17. The molecule has 28 heavy (non-hydrogen) atoms. The van der Waals surface area contributed by atoms with Crippen LogP contribution >= 0.6 is 0 Å². The molecule has 5 N–H and O–H groups in total. The molecule has 6 heteroatoms. The van der Waals surface area contributed by atoms with Crippen LogP contribution in [0, 0.1) is 22.7 Å². The van der Waals surface area contributed by atoms with E-state index >= 15 is 0 Å². The zero-order valence-electron chi connectivity index (χ0n) is 17.4. The number of aliphatic hydroxyl groups excluding tert-OH is 4. The van der Waals surface area contributed by atoms with Gasteiger partial charge in [-0.2, -0.15) is 0 Å². The number of hydrogen-bond acceptors (Lipinski definition) is 6. The first kappa shape index (κ1) is 20.8. The summed E-state index contributed by atoms with van der Waals surface area (Å²) in [5.41, 5.74) is -2.82. The van der Waals surface area contributed by atoms with Crippen LogP contribution in [0.2, 0.25) is 0 Å². The quantitative estimate of drug-likeness (QED) is 0.393. The lowest BCUT2D eigenvalue weighted by Crippen LogP contribution is -2.77. The van der Waals surface area contributed by atoms with Gasteiger partial charge in [-0.3, -0.25) is 0 Å². The SMILES string of the molecule is C=C1[C@@H](O)[C@H](O)[C@@]2(O)C[C@H]3[C@]4(C)CCCC(C)(C)[C@H]4C[C@H](O)[C@]3(C)O[C@H]2[C@H]1O. The van der Waals surface area contributed by atoms with Crippen LogP contribution in [0.1, 0.15) is 59.8 Å². The molecule has 0 spiro atoms. The molecule has 160 valence electrons. The van der Waals surface area contributed by atoms with Gasteiger partial charge < -0.3 is 30.3 Å². The zero-order chi connectivity index (χ0) is 20.9.